The number of sulfonamides is 1. The molecule has 0 aliphatic carbocycles. The van der Waals surface area contributed by atoms with E-state index in [-0.39, 0.29) is 4.90 Å². The summed E-state index contributed by atoms with van der Waals surface area (Å²) < 4.78 is 47.0. The third-order valence-corrected chi connectivity index (χ3v) is 7.25. The highest BCUT2D eigenvalue weighted by Gasteiger charge is 2.22. The second-order valence-corrected chi connectivity index (χ2v) is 9.94. The number of benzene rings is 2. The zero-order valence-electron chi connectivity index (χ0n) is 18.5. The van der Waals surface area contributed by atoms with Crippen molar-refractivity contribution >= 4 is 33.5 Å². The first-order valence-electron chi connectivity index (χ1n) is 9.86. The lowest BCUT2D eigenvalue weighted by atomic mass is 10.1. The summed E-state index contributed by atoms with van der Waals surface area (Å²) in [5, 5.41) is 0. The molecule has 0 unspecified atom stereocenters. The second kappa shape index (κ2) is 9.90. The Morgan fingerprint density at radius 1 is 1.09 bits per heavy atom. The number of esters is 1. The lowest BCUT2D eigenvalue weighted by Gasteiger charge is -2.11. The van der Waals surface area contributed by atoms with Gasteiger partial charge in [-0.2, -0.15) is 0 Å². The zero-order valence-corrected chi connectivity index (χ0v) is 20.1. The standard InChI is InChI=1S/C23H23FN2O5S2/c1-14-10-19(15(2)26(14)16-6-5-7-17(11-16)32-4)22(27)13-31-23(28)20-12-18(8-9-21(20)24)33(29,30)25-3/h5-12,25H,13H2,1-4H3. The molecule has 0 fully saturated rings. The van der Waals surface area contributed by atoms with Gasteiger partial charge in [0.1, 0.15) is 5.82 Å². The number of rotatable bonds is 8. The van der Waals surface area contributed by atoms with Gasteiger partial charge in [0, 0.05) is 27.5 Å². The fourth-order valence-electron chi connectivity index (χ4n) is 3.42. The molecule has 0 spiro atoms. The number of aryl methyl sites for hydroxylation is 1. The molecule has 0 aliphatic rings. The molecule has 33 heavy (non-hydrogen) atoms. The van der Waals surface area contributed by atoms with Crippen LogP contribution in [-0.2, 0) is 14.8 Å². The minimum atomic E-state index is -3.88. The van der Waals surface area contributed by atoms with Gasteiger partial charge in [0.25, 0.3) is 0 Å². The summed E-state index contributed by atoms with van der Waals surface area (Å²) >= 11 is 1.61. The molecule has 0 atom stereocenters. The first-order valence-corrected chi connectivity index (χ1v) is 12.6. The van der Waals surface area contributed by atoms with Crippen LogP contribution in [0.3, 0.4) is 0 Å². The molecular formula is C23H23FN2O5S2. The highest BCUT2D eigenvalue weighted by Crippen LogP contribution is 2.25. The summed E-state index contributed by atoms with van der Waals surface area (Å²) in [4.78, 5) is 25.9. The van der Waals surface area contributed by atoms with Gasteiger partial charge in [-0.05, 0) is 69.6 Å². The van der Waals surface area contributed by atoms with Crippen LogP contribution in [0.5, 0.6) is 0 Å². The van der Waals surface area contributed by atoms with Crippen molar-refractivity contribution < 1.29 is 27.1 Å². The van der Waals surface area contributed by atoms with Crippen molar-refractivity contribution in [2.45, 2.75) is 23.6 Å². The third kappa shape index (κ3) is 5.18. The quantitative estimate of drug-likeness (QED) is 0.292. The van der Waals surface area contributed by atoms with Crippen molar-refractivity contribution in [2.75, 3.05) is 19.9 Å². The first-order chi connectivity index (χ1) is 15.6. The van der Waals surface area contributed by atoms with Crippen molar-refractivity contribution in [3.05, 3.63) is 76.9 Å². The molecule has 3 aromatic rings. The molecule has 0 saturated carbocycles. The zero-order chi connectivity index (χ0) is 24.3. The number of halogens is 1. The lowest BCUT2D eigenvalue weighted by molar-refractivity contribution is 0.0469. The number of nitrogens with one attached hydrogen (secondary N) is 1. The summed E-state index contributed by atoms with van der Waals surface area (Å²) in [5.74, 6) is -2.53. The number of nitrogens with zero attached hydrogens (tertiary/aromatic N) is 1. The number of Topliss-reactive ketones (excluding diaryl/α,β-unsaturated/α-hetero) is 1. The van der Waals surface area contributed by atoms with Crippen molar-refractivity contribution in [3.63, 3.8) is 0 Å². The Labute approximate surface area is 196 Å². The van der Waals surface area contributed by atoms with Gasteiger partial charge in [-0.25, -0.2) is 22.3 Å². The number of ether oxygens (including phenoxy) is 1. The molecule has 2 aromatic carbocycles. The van der Waals surface area contributed by atoms with Crippen molar-refractivity contribution in [3.8, 4) is 5.69 Å². The Kier molecular flexibility index (Phi) is 7.41. The van der Waals surface area contributed by atoms with Crippen LogP contribution < -0.4 is 4.72 Å². The lowest BCUT2D eigenvalue weighted by Crippen LogP contribution is -2.20. The van der Waals surface area contributed by atoms with Gasteiger partial charge in [-0.15, -0.1) is 11.8 Å². The topological polar surface area (TPSA) is 94.5 Å². The molecule has 0 saturated heterocycles. The van der Waals surface area contributed by atoms with Crippen LogP contribution in [0.15, 0.2) is 58.3 Å². The number of carbonyl (C=O) groups excluding carboxylic acids is 2. The largest absolute Gasteiger partial charge is 0.454 e. The number of carbonyl (C=O) groups is 2. The highest BCUT2D eigenvalue weighted by molar-refractivity contribution is 7.98. The van der Waals surface area contributed by atoms with Crippen molar-refractivity contribution in [1.82, 2.24) is 9.29 Å². The molecule has 7 nitrogen and oxygen atoms in total. The van der Waals surface area contributed by atoms with Crippen LogP contribution in [0.2, 0.25) is 0 Å². The molecule has 0 aliphatic heterocycles. The number of ketones is 1. The third-order valence-electron chi connectivity index (χ3n) is 5.11. The molecule has 10 heteroatoms. The van der Waals surface area contributed by atoms with Gasteiger partial charge in [0.2, 0.25) is 15.8 Å². The Bertz CT molecular complexity index is 1330. The van der Waals surface area contributed by atoms with Crippen LogP contribution in [0.4, 0.5) is 4.39 Å². The molecule has 1 aromatic heterocycles. The number of aromatic nitrogens is 1. The fraction of sp³-hybridized carbons (Fsp3) is 0.217. The number of hydrogen-bond donors (Lipinski definition) is 1. The van der Waals surface area contributed by atoms with Crippen LogP contribution >= 0.6 is 11.8 Å². The molecule has 3 rings (SSSR count). The maximum atomic E-state index is 14.1. The molecule has 1 N–H and O–H groups in total. The fourth-order valence-corrected chi connectivity index (χ4v) is 4.63. The van der Waals surface area contributed by atoms with E-state index >= 15 is 0 Å². The summed E-state index contributed by atoms with van der Waals surface area (Å²) in [6, 6.07) is 12.3. The molecule has 174 valence electrons. The molecule has 1 heterocycles. The minimum Gasteiger partial charge on any atom is -0.454 e. The monoisotopic (exact) mass is 490 g/mol. The molecular weight excluding hydrogens is 467 g/mol. The van der Waals surface area contributed by atoms with Crippen LogP contribution in [0.25, 0.3) is 5.69 Å². The summed E-state index contributed by atoms with van der Waals surface area (Å²) in [5.41, 5.74) is 2.22. The minimum absolute atomic E-state index is 0.291. The van der Waals surface area contributed by atoms with E-state index in [1.807, 2.05) is 42.0 Å². The van der Waals surface area contributed by atoms with Gasteiger partial charge in [0.05, 0.1) is 10.5 Å². The van der Waals surface area contributed by atoms with Crippen LogP contribution in [0, 0.1) is 19.7 Å². The Morgan fingerprint density at radius 3 is 2.48 bits per heavy atom. The van der Waals surface area contributed by atoms with Gasteiger partial charge in [-0.3, -0.25) is 4.79 Å². The second-order valence-electron chi connectivity index (χ2n) is 7.17. The Morgan fingerprint density at radius 2 is 1.82 bits per heavy atom. The SMILES string of the molecule is CNS(=O)(=O)c1ccc(F)c(C(=O)OCC(=O)c2cc(C)n(-c3cccc(SC)c3)c2C)c1. The predicted molar refractivity (Wildman–Crippen MR) is 124 cm³/mol. The van der Waals surface area contributed by atoms with Gasteiger partial charge < -0.3 is 9.30 Å². The summed E-state index contributed by atoms with van der Waals surface area (Å²) in [6.07, 6.45) is 1.98. The summed E-state index contributed by atoms with van der Waals surface area (Å²) in [6.45, 7) is 3.04. The van der Waals surface area contributed by atoms with Crippen molar-refractivity contribution in [2.24, 2.45) is 0 Å². The number of hydrogen-bond acceptors (Lipinski definition) is 6. The maximum Gasteiger partial charge on any atom is 0.341 e. The molecule has 0 amide bonds. The smallest absolute Gasteiger partial charge is 0.341 e. The maximum absolute atomic E-state index is 14.1. The van der Waals surface area contributed by atoms with E-state index in [4.69, 9.17) is 4.74 Å². The van der Waals surface area contributed by atoms with E-state index in [9.17, 15) is 22.4 Å². The van der Waals surface area contributed by atoms with E-state index in [0.29, 0.717) is 11.3 Å². The van der Waals surface area contributed by atoms with E-state index in [1.54, 1.807) is 24.8 Å². The van der Waals surface area contributed by atoms with E-state index < -0.39 is 39.8 Å². The van der Waals surface area contributed by atoms with E-state index in [0.717, 1.165) is 34.5 Å². The number of thioether (sulfide) groups is 1. The van der Waals surface area contributed by atoms with Crippen LogP contribution in [-0.4, -0.2) is 44.6 Å². The predicted octanol–water partition coefficient (Wildman–Crippen LogP) is 3.90. The van der Waals surface area contributed by atoms with Crippen LogP contribution in [0.1, 0.15) is 32.1 Å². The van der Waals surface area contributed by atoms with E-state index in [1.165, 1.54) is 7.05 Å². The van der Waals surface area contributed by atoms with Gasteiger partial charge in [0.15, 0.2) is 6.61 Å². The average molecular weight is 491 g/mol. The normalized spacial score (nSPS) is 11.4. The van der Waals surface area contributed by atoms with Gasteiger partial charge >= 0.3 is 5.97 Å². The molecule has 0 radical (unpaired) electrons. The average Bonchev–Trinajstić information content (AvgIpc) is 3.11. The van der Waals surface area contributed by atoms with Crippen molar-refractivity contribution in [1.29, 1.82) is 0 Å². The Balaban J connectivity index is 1.81. The first kappa shape index (κ1) is 24.7. The Hall–Kier alpha value is -2.95. The van der Waals surface area contributed by atoms with Gasteiger partial charge in [-0.1, -0.05) is 6.07 Å². The highest BCUT2D eigenvalue weighted by atomic mass is 32.2. The molecule has 0 bridgehead atoms. The summed E-state index contributed by atoms with van der Waals surface area (Å²) in [7, 11) is -2.68. The van der Waals surface area contributed by atoms with E-state index in [2.05, 4.69) is 4.72 Å².